The summed E-state index contributed by atoms with van der Waals surface area (Å²) in [5.74, 6) is -1.000. The fraction of sp³-hybridized carbons (Fsp3) is 0.125. The number of aryl methyl sites for hydroxylation is 1. The Morgan fingerprint density at radius 3 is 2.90 bits per heavy atom. The zero-order chi connectivity index (χ0) is 14.1. The molecule has 0 saturated carbocycles. The minimum atomic E-state index is -1.000. The van der Waals surface area contributed by atoms with Gasteiger partial charge in [0.1, 0.15) is 5.69 Å². The van der Waals surface area contributed by atoms with Crippen LogP contribution in [0, 0.1) is 6.92 Å². The summed E-state index contributed by atoms with van der Waals surface area (Å²) >= 11 is 0. The molecule has 2 aromatic heterocycles. The second kappa shape index (κ2) is 4.81. The van der Waals surface area contributed by atoms with Gasteiger partial charge in [0.05, 0.1) is 0 Å². The van der Waals surface area contributed by atoms with E-state index < -0.39 is 5.97 Å². The molecular formula is C16H14N2O2. The van der Waals surface area contributed by atoms with Crippen molar-refractivity contribution < 1.29 is 9.90 Å². The highest BCUT2D eigenvalue weighted by Gasteiger charge is 2.08. The van der Waals surface area contributed by atoms with E-state index in [1.165, 1.54) is 17.1 Å². The van der Waals surface area contributed by atoms with E-state index in [9.17, 15) is 4.79 Å². The van der Waals surface area contributed by atoms with Gasteiger partial charge in [-0.05, 0) is 36.2 Å². The van der Waals surface area contributed by atoms with Crippen molar-refractivity contribution in [2.45, 2.75) is 13.5 Å². The molecule has 0 unspecified atom stereocenters. The maximum atomic E-state index is 11.0. The van der Waals surface area contributed by atoms with Crippen LogP contribution < -0.4 is 0 Å². The summed E-state index contributed by atoms with van der Waals surface area (Å²) in [6.07, 6.45) is 3.63. The summed E-state index contributed by atoms with van der Waals surface area (Å²) in [6.45, 7) is 2.71. The number of fused-ring (bicyclic) bond motifs is 1. The van der Waals surface area contributed by atoms with Crippen LogP contribution in [-0.2, 0) is 6.54 Å². The zero-order valence-electron chi connectivity index (χ0n) is 11.1. The molecule has 0 fully saturated rings. The summed E-state index contributed by atoms with van der Waals surface area (Å²) in [5.41, 5.74) is 3.38. The van der Waals surface area contributed by atoms with Gasteiger partial charge in [-0.25, -0.2) is 9.78 Å². The molecular weight excluding hydrogens is 252 g/mol. The number of carboxylic acids is 1. The van der Waals surface area contributed by atoms with Gasteiger partial charge in [0.25, 0.3) is 0 Å². The molecule has 1 aromatic carbocycles. The van der Waals surface area contributed by atoms with Gasteiger partial charge >= 0.3 is 5.97 Å². The first kappa shape index (κ1) is 12.4. The molecule has 20 heavy (non-hydrogen) atoms. The number of hydrogen-bond acceptors (Lipinski definition) is 2. The smallest absolute Gasteiger partial charge is 0.354 e. The third-order valence-corrected chi connectivity index (χ3v) is 3.38. The second-order valence-electron chi connectivity index (χ2n) is 4.81. The highest BCUT2D eigenvalue weighted by atomic mass is 16.4. The van der Waals surface area contributed by atoms with Crippen LogP contribution in [0.1, 0.15) is 21.6 Å². The molecule has 0 saturated heterocycles. The van der Waals surface area contributed by atoms with E-state index >= 15 is 0 Å². The standard InChI is InChI=1S/C16H14N2O2/c1-11-9-18(15-5-3-2-4-13(11)15)10-12-6-7-17-14(8-12)16(19)20/h2-9H,10H2,1H3,(H,19,20). The zero-order valence-corrected chi connectivity index (χ0v) is 11.1. The SMILES string of the molecule is Cc1cn(Cc2ccnc(C(=O)O)c2)c2ccccc12. The average Bonchev–Trinajstić information content (AvgIpc) is 2.76. The predicted molar refractivity (Wildman–Crippen MR) is 77.0 cm³/mol. The van der Waals surface area contributed by atoms with Gasteiger partial charge in [0.15, 0.2) is 0 Å². The fourth-order valence-electron chi connectivity index (χ4n) is 2.45. The Kier molecular flexibility index (Phi) is 2.99. The van der Waals surface area contributed by atoms with Gasteiger partial charge < -0.3 is 9.67 Å². The van der Waals surface area contributed by atoms with E-state index in [0.717, 1.165) is 11.1 Å². The lowest BCUT2D eigenvalue weighted by atomic mass is 10.2. The van der Waals surface area contributed by atoms with Gasteiger partial charge in [0.2, 0.25) is 0 Å². The summed E-state index contributed by atoms with van der Waals surface area (Å²) in [7, 11) is 0. The molecule has 0 aliphatic heterocycles. The van der Waals surface area contributed by atoms with Crippen LogP contribution in [0.5, 0.6) is 0 Å². The monoisotopic (exact) mass is 266 g/mol. The van der Waals surface area contributed by atoms with Crippen molar-refractivity contribution in [3.05, 3.63) is 65.6 Å². The molecule has 4 nitrogen and oxygen atoms in total. The van der Waals surface area contributed by atoms with Gasteiger partial charge in [-0.1, -0.05) is 18.2 Å². The van der Waals surface area contributed by atoms with Crippen LogP contribution in [0.15, 0.2) is 48.8 Å². The van der Waals surface area contributed by atoms with E-state index in [4.69, 9.17) is 5.11 Å². The summed E-state index contributed by atoms with van der Waals surface area (Å²) < 4.78 is 2.13. The lowest BCUT2D eigenvalue weighted by Gasteiger charge is -2.06. The van der Waals surface area contributed by atoms with Gasteiger partial charge in [-0.2, -0.15) is 0 Å². The summed E-state index contributed by atoms with van der Waals surface area (Å²) in [5, 5.41) is 10.2. The Balaban J connectivity index is 2.01. The van der Waals surface area contributed by atoms with Crippen LogP contribution in [0.25, 0.3) is 10.9 Å². The Morgan fingerprint density at radius 2 is 2.10 bits per heavy atom. The number of para-hydroxylation sites is 1. The van der Waals surface area contributed by atoms with E-state index in [-0.39, 0.29) is 5.69 Å². The molecule has 3 rings (SSSR count). The van der Waals surface area contributed by atoms with Crippen LogP contribution in [0.2, 0.25) is 0 Å². The molecule has 0 bridgehead atoms. The minimum Gasteiger partial charge on any atom is -0.477 e. The molecule has 2 heterocycles. The molecule has 0 aliphatic rings. The molecule has 0 aliphatic carbocycles. The maximum absolute atomic E-state index is 11.0. The number of aromatic carboxylic acids is 1. The number of carboxylic acid groups (broad SMARTS) is 1. The van der Waals surface area contributed by atoms with Crippen LogP contribution in [0.3, 0.4) is 0 Å². The van der Waals surface area contributed by atoms with Crippen molar-refractivity contribution in [3.8, 4) is 0 Å². The first-order valence-electron chi connectivity index (χ1n) is 6.38. The molecule has 0 radical (unpaired) electrons. The molecule has 0 spiro atoms. The Labute approximate surface area is 116 Å². The Morgan fingerprint density at radius 1 is 1.30 bits per heavy atom. The maximum Gasteiger partial charge on any atom is 0.354 e. The van der Waals surface area contributed by atoms with Crippen molar-refractivity contribution in [3.63, 3.8) is 0 Å². The quantitative estimate of drug-likeness (QED) is 0.792. The summed E-state index contributed by atoms with van der Waals surface area (Å²) in [4.78, 5) is 14.8. The highest BCUT2D eigenvalue weighted by molar-refractivity contribution is 5.85. The predicted octanol–water partition coefficient (Wildman–Crippen LogP) is 3.09. The number of pyridine rings is 1. The number of carbonyl (C=O) groups is 1. The Hall–Kier alpha value is -2.62. The lowest BCUT2D eigenvalue weighted by Crippen LogP contribution is -2.03. The number of aromatic nitrogens is 2. The number of nitrogens with zero attached hydrogens (tertiary/aromatic N) is 2. The topological polar surface area (TPSA) is 55.1 Å². The van der Waals surface area contributed by atoms with E-state index in [1.54, 1.807) is 6.07 Å². The number of benzene rings is 1. The third-order valence-electron chi connectivity index (χ3n) is 3.38. The van der Waals surface area contributed by atoms with E-state index in [1.807, 2.05) is 18.2 Å². The average molecular weight is 266 g/mol. The second-order valence-corrected chi connectivity index (χ2v) is 4.81. The molecule has 1 N–H and O–H groups in total. The van der Waals surface area contributed by atoms with Crippen LogP contribution in [-0.4, -0.2) is 20.6 Å². The van der Waals surface area contributed by atoms with Crippen molar-refractivity contribution in [1.82, 2.24) is 9.55 Å². The Bertz CT molecular complexity index is 790. The number of hydrogen-bond donors (Lipinski definition) is 1. The fourth-order valence-corrected chi connectivity index (χ4v) is 2.45. The van der Waals surface area contributed by atoms with Crippen LogP contribution >= 0.6 is 0 Å². The first-order chi connectivity index (χ1) is 9.65. The molecule has 0 atom stereocenters. The van der Waals surface area contributed by atoms with Crippen molar-refractivity contribution in [2.75, 3.05) is 0 Å². The lowest BCUT2D eigenvalue weighted by molar-refractivity contribution is 0.0690. The van der Waals surface area contributed by atoms with Gasteiger partial charge in [-0.15, -0.1) is 0 Å². The minimum absolute atomic E-state index is 0.0793. The largest absolute Gasteiger partial charge is 0.477 e. The molecule has 100 valence electrons. The van der Waals surface area contributed by atoms with E-state index in [2.05, 4.69) is 34.8 Å². The van der Waals surface area contributed by atoms with Gasteiger partial charge in [-0.3, -0.25) is 0 Å². The molecule has 3 aromatic rings. The normalized spacial score (nSPS) is 10.8. The number of rotatable bonds is 3. The van der Waals surface area contributed by atoms with Crippen molar-refractivity contribution in [2.24, 2.45) is 0 Å². The van der Waals surface area contributed by atoms with Gasteiger partial charge in [0, 0.05) is 29.8 Å². The molecule has 0 amide bonds. The van der Waals surface area contributed by atoms with Crippen molar-refractivity contribution >= 4 is 16.9 Å². The van der Waals surface area contributed by atoms with Crippen LogP contribution in [0.4, 0.5) is 0 Å². The molecule has 4 heteroatoms. The summed E-state index contributed by atoms with van der Waals surface area (Å²) in [6, 6.07) is 11.7. The first-order valence-corrected chi connectivity index (χ1v) is 6.38. The van der Waals surface area contributed by atoms with Crippen molar-refractivity contribution in [1.29, 1.82) is 0 Å². The third kappa shape index (κ3) is 2.16. The highest BCUT2D eigenvalue weighted by Crippen LogP contribution is 2.21. The van der Waals surface area contributed by atoms with E-state index in [0.29, 0.717) is 6.54 Å².